The summed E-state index contributed by atoms with van der Waals surface area (Å²) in [5, 5.41) is 1.53. The third kappa shape index (κ3) is 6.56. The van der Waals surface area contributed by atoms with Crippen molar-refractivity contribution in [3.63, 3.8) is 0 Å². The first-order valence-electron chi connectivity index (χ1n) is 9.02. The van der Waals surface area contributed by atoms with E-state index in [2.05, 4.69) is 52.8 Å². The fraction of sp³-hybridized carbons (Fsp3) is 0.632. The molecule has 0 amide bonds. The number of benzene rings is 1. The van der Waals surface area contributed by atoms with E-state index in [4.69, 9.17) is 24.1 Å². The third-order valence-corrected chi connectivity index (χ3v) is 12.2. The van der Waals surface area contributed by atoms with Crippen LogP contribution in [0.15, 0.2) is 18.2 Å². The van der Waals surface area contributed by atoms with Crippen LogP contribution in [0, 0.1) is 0 Å². The van der Waals surface area contributed by atoms with Gasteiger partial charge in [-0.2, -0.15) is 0 Å². The van der Waals surface area contributed by atoms with Gasteiger partial charge in [-0.25, -0.2) is 0 Å². The van der Waals surface area contributed by atoms with Gasteiger partial charge in [0.25, 0.3) is 0 Å². The Balaban J connectivity index is 3.26. The molecule has 0 heterocycles. The summed E-state index contributed by atoms with van der Waals surface area (Å²) >= 11 is -1.86. The summed E-state index contributed by atoms with van der Waals surface area (Å²) in [6.45, 7) is 11.1. The molecule has 0 aliphatic carbocycles. The van der Waals surface area contributed by atoms with Crippen LogP contribution in [0.25, 0.3) is 0 Å². The molecule has 0 atom stereocenters. The van der Waals surface area contributed by atoms with E-state index in [0.717, 1.165) is 11.3 Å². The summed E-state index contributed by atoms with van der Waals surface area (Å²) in [6, 6.07) is 10.7. The molecule has 1 rings (SSSR count). The SMILES string of the molecule is CCCCC[Si](CC)(CC)c1ccc([CH]=[Ru]([Cl])[Cl])c(OC(C)C)c1. The minimum atomic E-state index is -1.86. The summed E-state index contributed by atoms with van der Waals surface area (Å²) in [4.78, 5) is 0. The van der Waals surface area contributed by atoms with Crippen molar-refractivity contribution in [2.75, 3.05) is 0 Å². The Morgan fingerprint density at radius 2 is 1.79 bits per heavy atom. The van der Waals surface area contributed by atoms with Crippen molar-refractivity contribution < 1.29 is 18.3 Å². The van der Waals surface area contributed by atoms with Gasteiger partial charge in [-0.3, -0.25) is 0 Å². The summed E-state index contributed by atoms with van der Waals surface area (Å²) < 4.78 is 8.09. The molecule has 0 saturated carbocycles. The second kappa shape index (κ2) is 11.1. The van der Waals surface area contributed by atoms with Crippen LogP contribution in [0.4, 0.5) is 0 Å². The van der Waals surface area contributed by atoms with Crippen LogP contribution in [-0.4, -0.2) is 18.8 Å². The van der Waals surface area contributed by atoms with E-state index in [0.29, 0.717) is 0 Å². The summed E-state index contributed by atoms with van der Waals surface area (Å²) in [7, 11) is 10.7. The molecule has 0 aromatic heterocycles. The Morgan fingerprint density at radius 1 is 1.12 bits per heavy atom. The third-order valence-electron chi connectivity index (χ3n) is 4.79. The second-order valence-electron chi connectivity index (χ2n) is 6.67. The van der Waals surface area contributed by atoms with Gasteiger partial charge in [0.05, 0.1) is 0 Å². The van der Waals surface area contributed by atoms with Crippen molar-refractivity contribution in [1.82, 2.24) is 0 Å². The number of halogens is 2. The fourth-order valence-electron chi connectivity index (χ4n) is 3.26. The summed E-state index contributed by atoms with van der Waals surface area (Å²) in [5.41, 5.74) is 1.06. The number of ether oxygens (including phenoxy) is 1. The molecule has 1 nitrogen and oxygen atoms in total. The van der Waals surface area contributed by atoms with Crippen LogP contribution in [0.1, 0.15) is 59.4 Å². The molecule has 0 unspecified atom stereocenters. The number of hydrogen-bond acceptors (Lipinski definition) is 1. The van der Waals surface area contributed by atoms with Gasteiger partial charge in [-0.1, -0.05) is 0 Å². The van der Waals surface area contributed by atoms with Gasteiger partial charge in [-0.05, 0) is 0 Å². The predicted octanol–water partition coefficient (Wildman–Crippen LogP) is 6.44. The zero-order valence-corrected chi connectivity index (χ0v) is 19.9. The Morgan fingerprint density at radius 3 is 2.29 bits per heavy atom. The molecule has 140 valence electrons. The molecule has 0 bridgehead atoms. The van der Waals surface area contributed by atoms with Crippen molar-refractivity contribution in [3.8, 4) is 5.75 Å². The molecule has 0 fully saturated rings. The van der Waals surface area contributed by atoms with Crippen LogP contribution in [-0.2, 0) is 13.5 Å². The van der Waals surface area contributed by atoms with Crippen molar-refractivity contribution in [1.29, 1.82) is 0 Å². The van der Waals surface area contributed by atoms with Crippen LogP contribution < -0.4 is 9.92 Å². The Hall–Kier alpha value is 0.310. The maximum absolute atomic E-state index is 6.10. The Bertz CT molecular complexity index is 538. The standard InChI is InChI=1S/C19H32OSi.2ClH.Ru/c1-7-10-11-14-21(8-2,9-3)18-13-12-17(6)19(15-18)20-16(4)5;;;/h6,12-13,15-16H,7-11,14H2,1-5H3;2*1H;/q;;;+2/p-2. The molecule has 24 heavy (non-hydrogen) atoms. The minimum absolute atomic E-state index is 0.151. The summed E-state index contributed by atoms with van der Waals surface area (Å²) in [6.07, 6.45) is 4.11. The van der Waals surface area contributed by atoms with E-state index in [1.807, 2.05) is 4.61 Å². The van der Waals surface area contributed by atoms with Gasteiger partial charge in [0.15, 0.2) is 0 Å². The fourth-order valence-corrected chi connectivity index (χ4v) is 9.18. The number of unbranched alkanes of at least 4 members (excludes halogenated alkanes) is 2. The molecular weight excluding hydrogens is 444 g/mol. The molecule has 1 aromatic rings. The van der Waals surface area contributed by atoms with Gasteiger partial charge in [0.2, 0.25) is 0 Å². The zero-order chi connectivity index (χ0) is 18.2. The van der Waals surface area contributed by atoms with Crippen molar-refractivity contribution in [2.24, 2.45) is 0 Å². The van der Waals surface area contributed by atoms with Crippen LogP contribution in [0.3, 0.4) is 0 Å². The Labute approximate surface area is 162 Å². The number of rotatable bonds is 10. The summed E-state index contributed by atoms with van der Waals surface area (Å²) in [5.74, 6) is 0.955. The second-order valence-corrected chi connectivity index (χ2v) is 17.4. The van der Waals surface area contributed by atoms with E-state index in [-0.39, 0.29) is 6.10 Å². The van der Waals surface area contributed by atoms with Crippen LogP contribution in [0.5, 0.6) is 5.75 Å². The Kier molecular flexibility index (Phi) is 10.4. The zero-order valence-electron chi connectivity index (χ0n) is 15.6. The molecule has 0 spiro atoms. The van der Waals surface area contributed by atoms with Gasteiger partial charge < -0.3 is 0 Å². The first kappa shape index (κ1) is 22.4. The van der Waals surface area contributed by atoms with Crippen LogP contribution in [0.2, 0.25) is 18.1 Å². The topological polar surface area (TPSA) is 9.23 Å². The molecule has 0 saturated heterocycles. The number of hydrogen-bond donors (Lipinski definition) is 0. The predicted molar refractivity (Wildman–Crippen MR) is 110 cm³/mol. The van der Waals surface area contributed by atoms with E-state index < -0.39 is 21.6 Å². The average molecular weight is 477 g/mol. The monoisotopic (exact) mass is 476 g/mol. The van der Waals surface area contributed by atoms with Gasteiger partial charge in [-0.15, -0.1) is 0 Å². The van der Waals surface area contributed by atoms with Gasteiger partial charge in [0.1, 0.15) is 0 Å². The molecule has 1 aromatic carbocycles. The normalized spacial score (nSPS) is 12.4. The quantitative estimate of drug-likeness (QED) is 0.279. The molecular formula is C19H32Cl2ORuSi. The molecule has 0 aliphatic rings. The van der Waals surface area contributed by atoms with Gasteiger partial charge in [0, 0.05) is 0 Å². The average Bonchev–Trinajstić information content (AvgIpc) is 2.53. The first-order chi connectivity index (χ1) is 11.4. The van der Waals surface area contributed by atoms with Crippen molar-refractivity contribution >= 4 is 37.3 Å². The van der Waals surface area contributed by atoms with Gasteiger partial charge >= 0.3 is 163 Å². The molecule has 5 heteroatoms. The van der Waals surface area contributed by atoms with Crippen molar-refractivity contribution in [3.05, 3.63) is 23.8 Å². The molecule has 0 aliphatic heterocycles. The van der Waals surface area contributed by atoms with E-state index in [9.17, 15) is 0 Å². The first-order valence-corrected chi connectivity index (χ1v) is 17.1. The van der Waals surface area contributed by atoms with E-state index in [1.54, 1.807) is 0 Å². The van der Waals surface area contributed by atoms with Crippen LogP contribution >= 0.6 is 19.4 Å². The van der Waals surface area contributed by atoms with E-state index in [1.165, 1.54) is 42.6 Å². The van der Waals surface area contributed by atoms with Crippen molar-refractivity contribution in [2.45, 2.75) is 78.1 Å². The van der Waals surface area contributed by atoms with E-state index >= 15 is 0 Å². The maximum atomic E-state index is 6.10. The molecule has 0 radical (unpaired) electrons. The molecule has 0 N–H and O–H groups in total.